The predicted molar refractivity (Wildman–Crippen MR) is 114 cm³/mol. The summed E-state index contributed by atoms with van der Waals surface area (Å²) in [5.74, 6) is -1.37. The van der Waals surface area contributed by atoms with Crippen molar-refractivity contribution in [2.24, 2.45) is 0 Å². The van der Waals surface area contributed by atoms with E-state index in [1.54, 1.807) is 19.1 Å². The fourth-order valence-electron chi connectivity index (χ4n) is 3.25. The van der Waals surface area contributed by atoms with E-state index in [0.29, 0.717) is 28.0 Å². The summed E-state index contributed by atoms with van der Waals surface area (Å²) in [4.78, 5) is 37.1. The fraction of sp³-hybridized carbons (Fsp3) is 0.136. The van der Waals surface area contributed by atoms with Crippen LogP contribution in [0.4, 0.5) is 10.1 Å². The lowest BCUT2D eigenvalue weighted by Gasteiger charge is -2.10. The summed E-state index contributed by atoms with van der Waals surface area (Å²) in [7, 11) is 1.28. The second kappa shape index (κ2) is 8.42. The van der Waals surface area contributed by atoms with E-state index in [-0.39, 0.29) is 12.1 Å². The Morgan fingerprint density at radius 2 is 1.78 bits per heavy atom. The molecule has 2 heterocycles. The summed E-state index contributed by atoms with van der Waals surface area (Å²) < 4.78 is 20.4. The maximum absolute atomic E-state index is 13.3. The number of carbonyl (C=O) groups is 2. The number of esters is 1. The van der Waals surface area contributed by atoms with Gasteiger partial charge in [-0.1, -0.05) is 0 Å². The molecule has 0 saturated carbocycles. The first-order valence-electron chi connectivity index (χ1n) is 9.57. The zero-order chi connectivity index (χ0) is 22.8. The monoisotopic (exact) mass is 435 g/mol. The molecule has 1 amide bonds. The van der Waals surface area contributed by atoms with Gasteiger partial charge in [0.25, 0.3) is 5.56 Å². The topological polar surface area (TPSA) is 108 Å². The second-order valence-electron chi connectivity index (χ2n) is 6.96. The first-order valence-corrected chi connectivity index (χ1v) is 9.57. The fourth-order valence-corrected chi connectivity index (χ4v) is 3.25. The summed E-state index contributed by atoms with van der Waals surface area (Å²) in [5.41, 5.74) is 1.54. The molecular weight excluding hydrogens is 417 g/mol. The van der Waals surface area contributed by atoms with Crippen LogP contribution in [0.1, 0.15) is 16.1 Å². The number of halogens is 1. The number of nitrogens with one attached hydrogen (secondary N) is 1. The first kappa shape index (κ1) is 20.9. The number of rotatable bonds is 5. The van der Waals surface area contributed by atoms with Crippen molar-refractivity contribution in [3.05, 3.63) is 82.2 Å². The molecule has 0 atom stereocenters. The van der Waals surface area contributed by atoms with Gasteiger partial charge in [-0.2, -0.15) is 10.2 Å². The number of hydrogen-bond acceptors (Lipinski definition) is 6. The highest BCUT2D eigenvalue weighted by Gasteiger charge is 2.17. The maximum Gasteiger partial charge on any atom is 0.337 e. The van der Waals surface area contributed by atoms with Crippen molar-refractivity contribution < 1.29 is 18.7 Å². The van der Waals surface area contributed by atoms with E-state index in [4.69, 9.17) is 0 Å². The summed E-state index contributed by atoms with van der Waals surface area (Å²) in [5, 5.41) is 11.7. The summed E-state index contributed by atoms with van der Waals surface area (Å²) in [6.07, 6.45) is 1.51. The molecule has 0 aliphatic carbocycles. The Morgan fingerprint density at radius 3 is 2.44 bits per heavy atom. The highest BCUT2D eigenvalue weighted by Crippen LogP contribution is 2.17. The van der Waals surface area contributed by atoms with Crippen LogP contribution in [0.5, 0.6) is 0 Å². The quantitative estimate of drug-likeness (QED) is 0.483. The average Bonchev–Trinajstić information content (AvgIpc) is 3.24. The molecule has 2 aromatic heterocycles. The zero-order valence-electron chi connectivity index (χ0n) is 17.2. The summed E-state index contributed by atoms with van der Waals surface area (Å²) in [6, 6.07) is 11.7. The third-order valence-corrected chi connectivity index (χ3v) is 4.82. The van der Waals surface area contributed by atoms with Crippen LogP contribution in [-0.2, 0) is 16.1 Å². The van der Waals surface area contributed by atoms with Gasteiger partial charge in [-0.05, 0) is 55.5 Å². The van der Waals surface area contributed by atoms with Crippen molar-refractivity contribution in [2.45, 2.75) is 13.5 Å². The lowest BCUT2D eigenvalue weighted by atomic mass is 10.2. The molecule has 0 saturated heterocycles. The number of anilines is 1. The number of amides is 1. The Morgan fingerprint density at radius 1 is 1.09 bits per heavy atom. The molecule has 0 spiro atoms. The van der Waals surface area contributed by atoms with Crippen LogP contribution in [0.3, 0.4) is 0 Å². The van der Waals surface area contributed by atoms with Gasteiger partial charge in [0.1, 0.15) is 17.9 Å². The Balaban J connectivity index is 1.62. The summed E-state index contributed by atoms with van der Waals surface area (Å²) in [6.45, 7) is 1.38. The van der Waals surface area contributed by atoms with Crippen LogP contribution >= 0.6 is 0 Å². The number of methoxy groups -OCH3 is 1. The third-order valence-electron chi connectivity index (χ3n) is 4.82. The van der Waals surface area contributed by atoms with Gasteiger partial charge >= 0.3 is 5.97 Å². The SMILES string of the molecule is COC(=O)c1ccc(NC(=O)Cn2nc(C)c3cnn(-c4ccc(F)cc4)c3c2=O)cc1. The highest BCUT2D eigenvalue weighted by molar-refractivity contribution is 5.93. The number of ether oxygens (including phenoxy) is 1. The normalized spacial score (nSPS) is 10.8. The molecule has 162 valence electrons. The van der Waals surface area contributed by atoms with E-state index in [1.165, 1.54) is 54.4 Å². The van der Waals surface area contributed by atoms with E-state index in [1.807, 2.05) is 0 Å². The van der Waals surface area contributed by atoms with E-state index in [9.17, 15) is 18.8 Å². The van der Waals surface area contributed by atoms with Gasteiger partial charge in [0.15, 0.2) is 0 Å². The lowest BCUT2D eigenvalue weighted by Crippen LogP contribution is -2.31. The van der Waals surface area contributed by atoms with Crippen LogP contribution in [0.25, 0.3) is 16.6 Å². The molecule has 4 rings (SSSR count). The molecule has 0 aliphatic heterocycles. The smallest absolute Gasteiger partial charge is 0.337 e. The molecule has 0 bridgehead atoms. The van der Waals surface area contributed by atoms with Gasteiger partial charge in [0, 0.05) is 11.1 Å². The van der Waals surface area contributed by atoms with E-state index in [0.717, 1.165) is 4.68 Å². The van der Waals surface area contributed by atoms with Gasteiger partial charge in [0.05, 0.1) is 30.3 Å². The minimum Gasteiger partial charge on any atom is -0.465 e. The van der Waals surface area contributed by atoms with Gasteiger partial charge in [-0.25, -0.2) is 18.5 Å². The average molecular weight is 435 g/mol. The van der Waals surface area contributed by atoms with Crippen LogP contribution in [0, 0.1) is 12.7 Å². The number of benzene rings is 2. The minimum atomic E-state index is -0.511. The van der Waals surface area contributed by atoms with Crippen molar-refractivity contribution in [1.29, 1.82) is 0 Å². The molecule has 32 heavy (non-hydrogen) atoms. The van der Waals surface area contributed by atoms with Crippen molar-refractivity contribution in [1.82, 2.24) is 19.6 Å². The second-order valence-corrected chi connectivity index (χ2v) is 6.96. The van der Waals surface area contributed by atoms with Crippen LogP contribution < -0.4 is 10.9 Å². The van der Waals surface area contributed by atoms with Crippen molar-refractivity contribution in [2.75, 3.05) is 12.4 Å². The number of fused-ring (bicyclic) bond motifs is 1. The third kappa shape index (κ3) is 3.97. The van der Waals surface area contributed by atoms with Crippen LogP contribution in [0.15, 0.2) is 59.5 Å². The summed E-state index contributed by atoms with van der Waals surface area (Å²) >= 11 is 0. The highest BCUT2D eigenvalue weighted by atomic mass is 19.1. The molecule has 1 N–H and O–H groups in total. The van der Waals surface area contributed by atoms with Gasteiger partial charge in [-0.15, -0.1) is 0 Å². The van der Waals surface area contributed by atoms with Crippen molar-refractivity contribution >= 4 is 28.5 Å². The molecule has 0 fully saturated rings. The zero-order valence-corrected chi connectivity index (χ0v) is 17.2. The lowest BCUT2D eigenvalue weighted by molar-refractivity contribution is -0.117. The maximum atomic E-state index is 13.3. The van der Waals surface area contributed by atoms with Gasteiger partial charge in [0.2, 0.25) is 5.91 Å². The molecule has 9 nitrogen and oxygen atoms in total. The largest absolute Gasteiger partial charge is 0.465 e. The Bertz CT molecular complexity index is 1370. The predicted octanol–water partition coefficient (Wildman–Crippen LogP) is 2.46. The number of hydrogen-bond donors (Lipinski definition) is 1. The van der Waals surface area contributed by atoms with Crippen molar-refractivity contribution in [3.63, 3.8) is 0 Å². The number of carbonyl (C=O) groups excluding carboxylic acids is 2. The van der Waals surface area contributed by atoms with Crippen LogP contribution in [-0.4, -0.2) is 38.5 Å². The molecule has 0 radical (unpaired) electrons. The number of nitrogens with zero attached hydrogens (tertiary/aromatic N) is 4. The minimum absolute atomic E-state index is 0.235. The molecule has 4 aromatic rings. The van der Waals surface area contributed by atoms with Crippen molar-refractivity contribution in [3.8, 4) is 5.69 Å². The number of aryl methyl sites for hydroxylation is 1. The molecule has 0 aliphatic rings. The van der Waals surface area contributed by atoms with Crippen LogP contribution in [0.2, 0.25) is 0 Å². The first-order chi connectivity index (χ1) is 15.4. The molecule has 10 heteroatoms. The Hall–Kier alpha value is -4.34. The van der Waals surface area contributed by atoms with E-state index >= 15 is 0 Å². The van der Waals surface area contributed by atoms with E-state index < -0.39 is 23.3 Å². The molecular formula is C22H18FN5O4. The van der Waals surface area contributed by atoms with Gasteiger partial charge in [-0.3, -0.25) is 9.59 Å². The standard InChI is InChI=1S/C22H18FN5O4/c1-13-18-11-24-28(17-9-5-15(23)6-10-17)20(18)21(30)27(26-13)12-19(29)25-16-7-3-14(4-8-16)22(31)32-2/h3-11H,12H2,1-2H3,(H,25,29). The molecule has 2 aromatic carbocycles. The molecule has 0 unspecified atom stereocenters. The number of aromatic nitrogens is 4. The van der Waals surface area contributed by atoms with E-state index in [2.05, 4.69) is 20.3 Å². The van der Waals surface area contributed by atoms with Gasteiger partial charge < -0.3 is 10.1 Å². The Kier molecular flexibility index (Phi) is 5.50. The Labute approximate surface area is 181 Å².